The highest BCUT2D eigenvalue weighted by Crippen LogP contribution is 2.21. The highest BCUT2D eigenvalue weighted by molar-refractivity contribution is 14.0. The predicted molar refractivity (Wildman–Crippen MR) is 105 cm³/mol. The quantitative estimate of drug-likeness (QED) is 0.333. The Bertz CT molecular complexity index is 592. The van der Waals surface area contributed by atoms with Crippen molar-refractivity contribution >= 4 is 35.9 Å². The molecule has 0 radical (unpaired) electrons. The van der Waals surface area contributed by atoms with E-state index in [-0.39, 0.29) is 24.0 Å². The minimum atomic E-state index is -0.425. The number of ether oxygens (including phenoxy) is 2. The van der Waals surface area contributed by atoms with Gasteiger partial charge in [-0.05, 0) is 36.5 Å². The number of hydrogen-bond acceptors (Lipinski definition) is 4. The van der Waals surface area contributed by atoms with Gasteiger partial charge >= 0.3 is 5.97 Å². The van der Waals surface area contributed by atoms with Crippen molar-refractivity contribution < 1.29 is 14.3 Å². The summed E-state index contributed by atoms with van der Waals surface area (Å²) in [5, 5.41) is 0. The molecule has 6 nitrogen and oxygen atoms in total. The lowest BCUT2D eigenvalue weighted by Crippen LogP contribution is -2.43. The minimum absolute atomic E-state index is 0. The summed E-state index contributed by atoms with van der Waals surface area (Å²) in [4.78, 5) is 18.4. The van der Waals surface area contributed by atoms with Crippen LogP contribution in [0.5, 0.6) is 5.75 Å². The molecule has 7 heteroatoms. The van der Waals surface area contributed by atoms with Crippen molar-refractivity contribution in [2.75, 3.05) is 27.3 Å². The summed E-state index contributed by atoms with van der Waals surface area (Å²) in [6.45, 7) is 4.55. The number of hydrogen-bond donors (Lipinski definition) is 1. The van der Waals surface area contributed by atoms with Crippen LogP contribution in [0.3, 0.4) is 0 Å². The van der Waals surface area contributed by atoms with E-state index >= 15 is 0 Å². The third kappa shape index (κ3) is 5.25. The molecule has 0 saturated carbocycles. The Labute approximate surface area is 160 Å². The monoisotopic (exact) mass is 447 g/mol. The van der Waals surface area contributed by atoms with Crippen molar-refractivity contribution in [3.05, 3.63) is 29.3 Å². The molecule has 0 bridgehead atoms. The van der Waals surface area contributed by atoms with E-state index in [2.05, 4.69) is 16.8 Å². The van der Waals surface area contributed by atoms with Crippen molar-refractivity contribution in [3.8, 4) is 5.75 Å². The van der Waals surface area contributed by atoms with Crippen LogP contribution in [0.15, 0.2) is 23.2 Å². The summed E-state index contributed by atoms with van der Waals surface area (Å²) in [7, 11) is 2.87. The van der Waals surface area contributed by atoms with Crippen LogP contribution in [0.25, 0.3) is 0 Å². The topological polar surface area (TPSA) is 77.1 Å². The van der Waals surface area contributed by atoms with E-state index in [0.29, 0.717) is 29.7 Å². The van der Waals surface area contributed by atoms with Gasteiger partial charge in [0.05, 0.1) is 20.8 Å². The maximum absolute atomic E-state index is 11.8. The van der Waals surface area contributed by atoms with E-state index in [1.54, 1.807) is 12.1 Å². The number of piperidine rings is 1. The molecule has 0 amide bonds. The third-order valence-electron chi connectivity index (χ3n) is 4.07. The van der Waals surface area contributed by atoms with E-state index in [1.165, 1.54) is 20.6 Å². The van der Waals surface area contributed by atoms with Gasteiger partial charge in [0, 0.05) is 13.1 Å². The van der Waals surface area contributed by atoms with Gasteiger partial charge in [-0.2, -0.15) is 0 Å². The molecule has 1 fully saturated rings. The number of nitrogens with two attached hydrogens (primary N) is 1. The van der Waals surface area contributed by atoms with Crippen LogP contribution in [0.1, 0.15) is 35.7 Å². The first-order valence-corrected chi connectivity index (χ1v) is 7.85. The molecule has 1 saturated heterocycles. The number of carbonyl (C=O) groups excluding carboxylic acids is 1. The second-order valence-electron chi connectivity index (χ2n) is 5.89. The fourth-order valence-electron chi connectivity index (χ4n) is 2.79. The molecule has 1 aliphatic rings. The average molecular weight is 447 g/mol. The molecule has 0 spiro atoms. The van der Waals surface area contributed by atoms with E-state index < -0.39 is 5.97 Å². The van der Waals surface area contributed by atoms with Crippen LogP contribution in [-0.2, 0) is 11.3 Å². The van der Waals surface area contributed by atoms with Gasteiger partial charge in [-0.15, -0.1) is 24.0 Å². The van der Waals surface area contributed by atoms with Gasteiger partial charge in [-0.25, -0.2) is 9.79 Å². The molecule has 1 atom stereocenters. The Balaban J connectivity index is 0.00000288. The number of methoxy groups -OCH3 is 2. The Morgan fingerprint density at radius 1 is 1.42 bits per heavy atom. The van der Waals surface area contributed by atoms with Crippen molar-refractivity contribution in [2.45, 2.75) is 26.3 Å². The molecule has 1 aliphatic heterocycles. The van der Waals surface area contributed by atoms with Gasteiger partial charge < -0.3 is 20.1 Å². The van der Waals surface area contributed by atoms with Crippen molar-refractivity contribution in [3.63, 3.8) is 0 Å². The molecule has 1 unspecified atom stereocenters. The fourth-order valence-corrected chi connectivity index (χ4v) is 2.79. The van der Waals surface area contributed by atoms with Gasteiger partial charge in [0.1, 0.15) is 11.3 Å². The highest BCUT2D eigenvalue weighted by atomic mass is 127. The third-order valence-corrected chi connectivity index (χ3v) is 4.07. The van der Waals surface area contributed by atoms with E-state index in [1.807, 2.05) is 6.07 Å². The normalized spacial score (nSPS) is 17.9. The zero-order chi connectivity index (χ0) is 16.8. The molecular formula is C17H26IN3O3. The summed E-state index contributed by atoms with van der Waals surface area (Å²) in [5.74, 6) is 1.27. The lowest BCUT2D eigenvalue weighted by molar-refractivity contribution is 0.0597. The molecule has 2 rings (SSSR count). The standard InChI is InChI=1S/C17H25N3O3.HI/c1-12-5-4-8-20(11-12)17(18)19-10-13-6-7-15(22-2)14(9-13)16(21)23-3;/h6-7,9,12H,4-5,8,10-11H2,1-3H3,(H2,18,19);1H. The summed E-state index contributed by atoms with van der Waals surface area (Å²) in [6, 6.07) is 5.36. The van der Waals surface area contributed by atoms with Gasteiger partial charge in [-0.3, -0.25) is 0 Å². The number of likely N-dealkylation sites (tertiary alicyclic amines) is 1. The number of benzene rings is 1. The van der Waals surface area contributed by atoms with Crippen molar-refractivity contribution in [1.29, 1.82) is 0 Å². The minimum Gasteiger partial charge on any atom is -0.496 e. The Kier molecular flexibility index (Phi) is 8.30. The summed E-state index contributed by atoms with van der Waals surface area (Å²) in [5.41, 5.74) is 7.38. The Morgan fingerprint density at radius 2 is 2.17 bits per heavy atom. The smallest absolute Gasteiger partial charge is 0.341 e. The first-order chi connectivity index (χ1) is 11.0. The number of halogens is 1. The van der Waals surface area contributed by atoms with Gasteiger partial charge in [-0.1, -0.05) is 13.0 Å². The number of rotatable bonds is 4. The molecule has 2 N–H and O–H groups in total. The first-order valence-electron chi connectivity index (χ1n) is 7.85. The van der Waals surface area contributed by atoms with E-state index in [4.69, 9.17) is 15.2 Å². The summed E-state index contributed by atoms with van der Waals surface area (Å²) < 4.78 is 9.96. The second kappa shape index (κ2) is 9.71. The lowest BCUT2D eigenvalue weighted by Gasteiger charge is -2.31. The van der Waals surface area contributed by atoms with Crippen LogP contribution in [0, 0.1) is 5.92 Å². The predicted octanol–water partition coefficient (Wildman–Crippen LogP) is 2.65. The zero-order valence-corrected chi connectivity index (χ0v) is 16.8. The SMILES string of the molecule is COC(=O)c1cc(CN=C(N)N2CCCC(C)C2)ccc1OC.I. The van der Waals surface area contributed by atoms with Crippen LogP contribution < -0.4 is 10.5 Å². The number of carbonyl (C=O) groups is 1. The second-order valence-corrected chi connectivity index (χ2v) is 5.89. The maximum Gasteiger partial charge on any atom is 0.341 e. The van der Waals surface area contributed by atoms with Crippen LogP contribution in [0.4, 0.5) is 0 Å². The molecule has 1 heterocycles. The van der Waals surface area contributed by atoms with Gasteiger partial charge in [0.2, 0.25) is 0 Å². The van der Waals surface area contributed by atoms with Crippen LogP contribution >= 0.6 is 24.0 Å². The van der Waals surface area contributed by atoms with E-state index in [0.717, 1.165) is 25.1 Å². The lowest BCUT2D eigenvalue weighted by atomic mass is 10.0. The van der Waals surface area contributed by atoms with Crippen molar-refractivity contribution in [2.24, 2.45) is 16.6 Å². The molecule has 24 heavy (non-hydrogen) atoms. The van der Waals surface area contributed by atoms with Crippen LogP contribution in [0.2, 0.25) is 0 Å². The molecule has 1 aromatic carbocycles. The number of nitrogens with zero attached hydrogens (tertiary/aromatic N) is 2. The number of guanidine groups is 1. The largest absolute Gasteiger partial charge is 0.496 e. The summed E-state index contributed by atoms with van der Waals surface area (Å²) >= 11 is 0. The van der Waals surface area contributed by atoms with Gasteiger partial charge in [0.25, 0.3) is 0 Å². The molecule has 0 aliphatic carbocycles. The molecule has 1 aromatic rings. The maximum atomic E-state index is 11.8. The first kappa shape index (κ1) is 20.5. The zero-order valence-electron chi connectivity index (χ0n) is 14.4. The fraction of sp³-hybridized carbons (Fsp3) is 0.529. The molecule has 134 valence electrons. The molecular weight excluding hydrogens is 421 g/mol. The van der Waals surface area contributed by atoms with E-state index in [9.17, 15) is 4.79 Å². The molecule has 0 aromatic heterocycles. The Hall–Kier alpha value is -1.51. The van der Waals surface area contributed by atoms with Crippen molar-refractivity contribution in [1.82, 2.24) is 4.90 Å². The average Bonchev–Trinajstić information content (AvgIpc) is 2.58. The number of aliphatic imine (C=N–C) groups is 1. The Morgan fingerprint density at radius 3 is 2.79 bits per heavy atom. The van der Waals surface area contributed by atoms with Gasteiger partial charge in [0.15, 0.2) is 5.96 Å². The highest BCUT2D eigenvalue weighted by Gasteiger charge is 2.18. The van der Waals surface area contributed by atoms with Crippen LogP contribution in [-0.4, -0.2) is 44.1 Å². The number of esters is 1. The summed E-state index contributed by atoms with van der Waals surface area (Å²) in [6.07, 6.45) is 2.39.